The molecule has 2 aromatic rings. The zero-order valence-electron chi connectivity index (χ0n) is 15.6. The average Bonchev–Trinajstić information content (AvgIpc) is 2.69. The standard InChI is InChI=1S/C21H25N3O3/c1-16-5-4-7-19(23-16)27-17-8-14-26-21(15-17)9-12-24(13-10-21)20(25)18-6-2-3-11-22-18/h2-7,11,17H,8-10,12-15H2,1H3. The molecule has 142 valence electrons. The summed E-state index contributed by atoms with van der Waals surface area (Å²) < 4.78 is 12.3. The summed E-state index contributed by atoms with van der Waals surface area (Å²) >= 11 is 0. The third-order valence-electron chi connectivity index (χ3n) is 5.44. The predicted molar refractivity (Wildman–Crippen MR) is 101 cm³/mol. The molecule has 27 heavy (non-hydrogen) atoms. The number of amides is 1. The van der Waals surface area contributed by atoms with Crippen LogP contribution >= 0.6 is 0 Å². The van der Waals surface area contributed by atoms with E-state index in [4.69, 9.17) is 9.47 Å². The lowest BCUT2D eigenvalue weighted by atomic mass is 9.83. The molecule has 4 heterocycles. The second kappa shape index (κ2) is 7.64. The van der Waals surface area contributed by atoms with Crippen molar-refractivity contribution in [3.63, 3.8) is 0 Å². The van der Waals surface area contributed by atoms with Gasteiger partial charge in [0, 0.05) is 43.9 Å². The van der Waals surface area contributed by atoms with Crippen molar-refractivity contribution in [3.05, 3.63) is 54.0 Å². The van der Waals surface area contributed by atoms with Gasteiger partial charge in [0.25, 0.3) is 5.91 Å². The van der Waals surface area contributed by atoms with Crippen LogP contribution in [0, 0.1) is 6.92 Å². The van der Waals surface area contributed by atoms with Gasteiger partial charge in [0.15, 0.2) is 0 Å². The Morgan fingerprint density at radius 1 is 1.22 bits per heavy atom. The van der Waals surface area contributed by atoms with Gasteiger partial charge in [-0.1, -0.05) is 12.1 Å². The second-order valence-corrected chi connectivity index (χ2v) is 7.39. The maximum Gasteiger partial charge on any atom is 0.272 e. The molecule has 2 fully saturated rings. The summed E-state index contributed by atoms with van der Waals surface area (Å²) in [6, 6.07) is 11.3. The highest BCUT2D eigenvalue weighted by atomic mass is 16.5. The number of likely N-dealkylation sites (tertiary alicyclic amines) is 1. The molecule has 2 aromatic heterocycles. The zero-order chi connectivity index (χ0) is 18.7. The molecule has 2 saturated heterocycles. The van der Waals surface area contributed by atoms with E-state index < -0.39 is 0 Å². The van der Waals surface area contributed by atoms with Crippen LogP contribution in [0.1, 0.15) is 41.9 Å². The SMILES string of the molecule is Cc1cccc(OC2CCOC3(CCN(C(=O)c4ccccn4)CC3)C2)n1. The Labute approximate surface area is 159 Å². The molecule has 0 N–H and O–H groups in total. The van der Waals surface area contributed by atoms with E-state index >= 15 is 0 Å². The summed E-state index contributed by atoms with van der Waals surface area (Å²) in [4.78, 5) is 23.1. The van der Waals surface area contributed by atoms with Crippen LogP contribution in [0.3, 0.4) is 0 Å². The number of aryl methyl sites for hydroxylation is 1. The minimum atomic E-state index is -0.201. The summed E-state index contributed by atoms with van der Waals surface area (Å²) in [5.74, 6) is 0.679. The van der Waals surface area contributed by atoms with Crippen molar-refractivity contribution in [2.24, 2.45) is 0 Å². The van der Waals surface area contributed by atoms with Gasteiger partial charge in [-0.3, -0.25) is 9.78 Å². The Morgan fingerprint density at radius 3 is 2.81 bits per heavy atom. The van der Waals surface area contributed by atoms with Crippen molar-refractivity contribution in [2.45, 2.75) is 44.3 Å². The molecule has 2 aliphatic rings. The molecule has 6 nitrogen and oxygen atoms in total. The van der Waals surface area contributed by atoms with Gasteiger partial charge in [-0.2, -0.15) is 0 Å². The number of rotatable bonds is 3. The molecule has 0 bridgehead atoms. The Bertz CT molecular complexity index is 788. The van der Waals surface area contributed by atoms with E-state index in [1.807, 2.05) is 42.2 Å². The molecule has 0 aliphatic carbocycles. The van der Waals surface area contributed by atoms with E-state index in [0.29, 0.717) is 31.3 Å². The first-order valence-corrected chi connectivity index (χ1v) is 9.58. The summed E-state index contributed by atoms with van der Waals surface area (Å²) in [5, 5.41) is 0. The third kappa shape index (κ3) is 4.11. The highest BCUT2D eigenvalue weighted by Gasteiger charge is 2.42. The van der Waals surface area contributed by atoms with Crippen LogP contribution in [-0.2, 0) is 4.74 Å². The van der Waals surface area contributed by atoms with Crippen molar-refractivity contribution < 1.29 is 14.3 Å². The van der Waals surface area contributed by atoms with Gasteiger partial charge in [-0.25, -0.2) is 4.98 Å². The number of hydrogen-bond acceptors (Lipinski definition) is 5. The minimum Gasteiger partial charge on any atom is -0.474 e. The van der Waals surface area contributed by atoms with Crippen molar-refractivity contribution in [1.29, 1.82) is 0 Å². The van der Waals surface area contributed by atoms with Gasteiger partial charge in [-0.15, -0.1) is 0 Å². The number of piperidine rings is 1. The zero-order valence-corrected chi connectivity index (χ0v) is 15.6. The smallest absolute Gasteiger partial charge is 0.272 e. The molecular formula is C21H25N3O3. The number of pyridine rings is 2. The molecule has 1 unspecified atom stereocenters. The van der Waals surface area contributed by atoms with Crippen LogP contribution in [0.5, 0.6) is 5.88 Å². The largest absolute Gasteiger partial charge is 0.474 e. The molecule has 0 aromatic carbocycles. The Balaban J connectivity index is 1.36. The number of aromatic nitrogens is 2. The van der Waals surface area contributed by atoms with E-state index in [0.717, 1.165) is 31.4 Å². The van der Waals surface area contributed by atoms with Gasteiger partial charge < -0.3 is 14.4 Å². The number of carbonyl (C=O) groups is 1. The molecule has 4 rings (SSSR count). The first-order valence-electron chi connectivity index (χ1n) is 9.58. The highest BCUT2D eigenvalue weighted by molar-refractivity contribution is 5.92. The monoisotopic (exact) mass is 367 g/mol. The van der Waals surface area contributed by atoms with Gasteiger partial charge in [0.2, 0.25) is 5.88 Å². The van der Waals surface area contributed by atoms with Gasteiger partial charge in [0.1, 0.15) is 11.8 Å². The maximum atomic E-state index is 12.6. The lowest BCUT2D eigenvalue weighted by molar-refractivity contribution is -0.135. The Hall–Kier alpha value is -2.47. The van der Waals surface area contributed by atoms with Crippen LogP contribution in [0.4, 0.5) is 0 Å². The van der Waals surface area contributed by atoms with Crippen LogP contribution < -0.4 is 4.74 Å². The topological polar surface area (TPSA) is 64.6 Å². The lowest BCUT2D eigenvalue weighted by Crippen LogP contribution is -2.52. The van der Waals surface area contributed by atoms with Crippen LogP contribution in [0.2, 0.25) is 0 Å². The molecule has 6 heteroatoms. The first kappa shape index (κ1) is 17.9. The predicted octanol–water partition coefficient (Wildman–Crippen LogP) is 3.02. The fourth-order valence-electron chi connectivity index (χ4n) is 3.95. The minimum absolute atomic E-state index is 0.00183. The lowest BCUT2D eigenvalue weighted by Gasteiger charge is -2.45. The molecule has 0 radical (unpaired) electrons. The van der Waals surface area contributed by atoms with Crippen molar-refractivity contribution in [3.8, 4) is 5.88 Å². The maximum absolute atomic E-state index is 12.6. The van der Waals surface area contributed by atoms with Crippen LogP contribution in [0.15, 0.2) is 42.6 Å². The van der Waals surface area contributed by atoms with E-state index in [1.54, 1.807) is 12.3 Å². The fraction of sp³-hybridized carbons (Fsp3) is 0.476. The number of ether oxygens (including phenoxy) is 2. The first-order chi connectivity index (χ1) is 13.1. The number of hydrogen-bond donors (Lipinski definition) is 0. The number of carbonyl (C=O) groups excluding carboxylic acids is 1. The average molecular weight is 367 g/mol. The molecule has 1 amide bonds. The molecule has 2 aliphatic heterocycles. The highest BCUT2D eigenvalue weighted by Crippen LogP contribution is 2.36. The van der Waals surface area contributed by atoms with Gasteiger partial charge >= 0.3 is 0 Å². The molecule has 1 spiro atoms. The molecular weight excluding hydrogens is 342 g/mol. The second-order valence-electron chi connectivity index (χ2n) is 7.39. The summed E-state index contributed by atoms with van der Waals surface area (Å²) in [5.41, 5.74) is 1.26. The van der Waals surface area contributed by atoms with E-state index in [2.05, 4.69) is 9.97 Å². The molecule has 1 atom stereocenters. The summed E-state index contributed by atoms with van der Waals surface area (Å²) in [6.07, 6.45) is 5.12. The van der Waals surface area contributed by atoms with Crippen molar-refractivity contribution in [1.82, 2.24) is 14.9 Å². The summed E-state index contributed by atoms with van der Waals surface area (Å²) in [6.45, 7) is 4.02. The van der Waals surface area contributed by atoms with Gasteiger partial charge in [0.05, 0.1) is 12.2 Å². The van der Waals surface area contributed by atoms with E-state index in [-0.39, 0.29) is 17.6 Å². The fourth-order valence-corrected chi connectivity index (χ4v) is 3.95. The van der Waals surface area contributed by atoms with E-state index in [9.17, 15) is 4.79 Å². The van der Waals surface area contributed by atoms with Crippen molar-refractivity contribution >= 4 is 5.91 Å². The Kier molecular flexibility index (Phi) is 5.07. The summed E-state index contributed by atoms with van der Waals surface area (Å²) in [7, 11) is 0. The number of nitrogens with zero attached hydrogens (tertiary/aromatic N) is 3. The normalized spacial score (nSPS) is 21.8. The Morgan fingerprint density at radius 2 is 2.07 bits per heavy atom. The quantitative estimate of drug-likeness (QED) is 0.834. The van der Waals surface area contributed by atoms with E-state index in [1.165, 1.54) is 0 Å². The van der Waals surface area contributed by atoms with Crippen molar-refractivity contribution in [2.75, 3.05) is 19.7 Å². The van der Waals surface area contributed by atoms with Crippen LogP contribution in [-0.4, -0.2) is 52.2 Å². The molecule has 0 saturated carbocycles. The van der Waals surface area contributed by atoms with Gasteiger partial charge in [-0.05, 0) is 38.0 Å². The van der Waals surface area contributed by atoms with Crippen LogP contribution in [0.25, 0.3) is 0 Å². The third-order valence-corrected chi connectivity index (χ3v) is 5.44.